The van der Waals surface area contributed by atoms with Crippen molar-refractivity contribution in [2.75, 3.05) is 0 Å². The van der Waals surface area contributed by atoms with Crippen LogP contribution in [0.3, 0.4) is 0 Å². The third-order valence-corrected chi connectivity index (χ3v) is 2.80. The first kappa shape index (κ1) is 12.0. The van der Waals surface area contributed by atoms with E-state index in [4.69, 9.17) is 4.74 Å². The van der Waals surface area contributed by atoms with Crippen molar-refractivity contribution in [1.82, 2.24) is 9.97 Å². The highest BCUT2D eigenvalue weighted by Gasteiger charge is 2.01. The smallest absolute Gasteiger partial charge is 0.132 e. The van der Waals surface area contributed by atoms with Gasteiger partial charge in [-0.25, -0.2) is 0 Å². The Morgan fingerprint density at radius 1 is 1.24 bits per heavy atom. The molecule has 1 heterocycles. The Labute approximate surface area is 103 Å². The number of hydrogen-bond acceptors (Lipinski definition) is 3. The van der Waals surface area contributed by atoms with E-state index in [0.717, 1.165) is 22.4 Å². The lowest BCUT2D eigenvalue weighted by Crippen LogP contribution is -2.05. The van der Waals surface area contributed by atoms with Crippen LogP contribution in [0.15, 0.2) is 30.6 Å². The molecule has 2 rings (SSSR count). The van der Waals surface area contributed by atoms with E-state index in [1.807, 2.05) is 19.1 Å². The van der Waals surface area contributed by atoms with E-state index >= 15 is 0 Å². The molecule has 1 aromatic heterocycles. The van der Waals surface area contributed by atoms with Gasteiger partial charge in [-0.1, -0.05) is 11.6 Å². The second-order valence-corrected chi connectivity index (χ2v) is 4.60. The Bertz CT molecular complexity index is 529. The Balaban J connectivity index is 2.07. The molecule has 0 N–H and O–H groups in total. The van der Waals surface area contributed by atoms with Crippen molar-refractivity contribution in [2.45, 2.75) is 20.5 Å². The standard InChI is InChI=1S/C13H15N2OP/c1-9-3-4-12(13(17)5-9)16-8-11-7-14-6-10(2)15-11/h3-7H,8,17H2,1-2H3. The Kier molecular flexibility index (Phi) is 3.70. The molecule has 0 bridgehead atoms. The van der Waals surface area contributed by atoms with Gasteiger partial charge in [0.25, 0.3) is 0 Å². The normalized spacial score (nSPS) is 10.3. The Morgan fingerprint density at radius 3 is 2.76 bits per heavy atom. The van der Waals surface area contributed by atoms with Crippen LogP contribution in [0.4, 0.5) is 0 Å². The van der Waals surface area contributed by atoms with Gasteiger partial charge in [0, 0.05) is 11.5 Å². The molecule has 17 heavy (non-hydrogen) atoms. The van der Waals surface area contributed by atoms with Crippen LogP contribution in [-0.2, 0) is 6.61 Å². The number of nitrogens with zero attached hydrogens (tertiary/aromatic N) is 2. The molecule has 1 aromatic carbocycles. The molecule has 2 aromatic rings. The summed E-state index contributed by atoms with van der Waals surface area (Å²) in [5, 5.41) is 1.06. The Morgan fingerprint density at radius 2 is 2.06 bits per heavy atom. The summed E-state index contributed by atoms with van der Waals surface area (Å²) in [4.78, 5) is 8.43. The fourth-order valence-electron chi connectivity index (χ4n) is 1.54. The van der Waals surface area contributed by atoms with Crippen LogP contribution in [-0.4, -0.2) is 9.97 Å². The van der Waals surface area contributed by atoms with Crippen LogP contribution in [0, 0.1) is 13.8 Å². The summed E-state index contributed by atoms with van der Waals surface area (Å²) < 4.78 is 5.71. The molecule has 0 aliphatic carbocycles. The molecule has 0 saturated carbocycles. The van der Waals surface area contributed by atoms with Crippen LogP contribution in [0.25, 0.3) is 0 Å². The molecule has 0 fully saturated rings. The fourth-order valence-corrected chi connectivity index (χ4v) is 1.98. The van der Waals surface area contributed by atoms with E-state index in [1.54, 1.807) is 12.4 Å². The van der Waals surface area contributed by atoms with E-state index < -0.39 is 0 Å². The summed E-state index contributed by atoms with van der Waals surface area (Å²) in [5.74, 6) is 0.865. The van der Waals surface area contributed by atoms with Crippen molar-refractivity contribution in [3.05, 3.63) is 47.5 Å². The zero-order valence-corrected chi connectivity index (χ0v) is 11.1. The predicted octanol–water partition coefficient (Wildman–Crippen LogP) is 2.17. The highest BCUT2D eigenvalue weighted by molar-refractivity contribution is 7.27. The largest absolute Gasteiger partial charge is 0.487 e. The quantitative estimate of drug-likeness (QED) is 0.778. The average molecular weight is 246 g/mol. The minimum absolute atomic E-state index is 0.444. The molecule has 1 unspecified atom stereocenters. The highest BCUT2D eigenvalue weighted by Crippen LogP contribution is 2.13. The van der Waals surface area contributed by atoms with E-state index in [0.29, 0.717) is 6.61 Å². The number of ether oxygens (including phenoxy) is 1. The van der Waals surface area contributed by atoms with Crippen LogP contribution >= 0.6 is 9.24 Å². The monoisotopic (exact) mass is 246 g/mol. The van der Waals surface area contributed by atoms with E-state index in [2.05, 4.69) is 32.2 Å². The number of hydrogen-bond donors (Lipinski definition) is 0. The SMILES string of the molecule is Cc1ccc(OCc2cncc(C)n2)c(P)c1. The van der Waals surface area contributed by atoms with E-state index in [1.165, 1.54) is 5.56 Å². The zero-order chi connectivity index (χ0) is 12.3. The molecule has 0 radical (unpaired) electrons. The van der Waals surface area contributed by atoms with Crippen molar-refractivity contribution in [3.8, 4) is 5.75 Å². The highest BCUT2D eigenvalue weighted by atomic mass is 31.0. The lowest BCUT2D eigenvalue weighted by atomic mass is 10.2. The van der Waals surface area contributed by atoms with Gasteiger partial charge < -0.3 is 4.74 Å². The van der Waals surface area contributed by atoms with Crippen molar-refractivity contribution in [2.24, 2.45) is 0 Å². The van der Waals surface area contributed by atoms with Gasteiger partial charge in [-0.2, -0.15) is 0 Å². The zero-order valence-electron chi connectivity index (χ0n) is 9.97. The van der Waals surface area contributed by atoms with Gasteiger partial charge in [0.05, 0.1) is 17.6 Å². The molecule has 4 heteroatoms. The van der Waals surface area contributed by atoms with E-state index in [-0.39, 0.29) is 0 Å². The third-order valence-electron chi connectivity index (χ3n) is 2.35. The molecule has 3 nitrogen and oxygen atoms in total. The number of rotatable bonds is 3. The van der Waals surface area contributed by atoms with Crippen molar-refractivity contribution in [1.29, 1.82) is 0 Å². The van der Waals surface area contributed by atoms with Gasteiger partial charge in [0.1, 0.15) is 12.4 Å². The molecule has 1 atom stereocenters. The maximum absolute atomic E-state index is 5.71. The van der Waals surface area contributed by atoms with Gasteiger partial charge in [0.15, 0.2) is 0 Å². The van der Waals surface area contributed by atoms with Gasteiger partial charge in [-0.05, 0) is 26.0 Å². The second kappa shape index (κ2) is 5.24. The van der Waals surface area contributed by atoms with Gasteiger partial charge in [-0.3, -0.25) is 9.97 Å². The molecular formula is C13H15N2OP. The molecule has 0 saturated heterocycles. The average Bonchev–Trinajstić information content (AvgIpc) is 2.28. The number of aryl methyl sites for hydroxylation is 2. The van der Waals surface area contributed by atoms with Gasteiger partial charge >= 0.3 is 0 Å². The Hall–Kier alpha value is -1.47. The summed E-state index contributed by atoms with van der Waals surface area (Å²) in [6.07, 6.45) is 3.46. The molecule has 0 aliphatic heterocycles. The summed E-state index contributed by atoms with van der Waals surface area (Å²) >= 11 is 0. The lowest BCUT2D eigenvalue weighted by molar-refractivity contribution is 0.303. The molecular weight excluding hydrogens is 231 g/mol. The second-order valence-electron chi connectivity index (χ2n) is 3.98. The van der Waals surface area contributed by atoms with E-state index in [9.17, 15) is 0 Å². The summed E-state index contributed by atoms with van der Waals surface area (Å²) in [7, 11) is 2.68. The molecule has 0 aliphatic rings. The van der Waals surface area contributed by atoms with Crippen LogP contribution < -0.4 is 10.0 Å². The number of benzene rings is 1. The lowest BCUT2D eigenvalue weighted by Gasteiger charge is -2.09. The van der Waals surface area contributed by atoms with Gasteiger partial charge in [-0.15, -0.1) is 9.24 Å². The first-order chi connectivity index (χ1) is 8.15. The van der Waals surface area contributed by atoms with Crippen LogP contribution in [0.2, 0.25) is 0 Å². The maximum atomic E-state index is 5.71. The van der Waals surface area contributed by atoms with Crippen molar-refractivity contribution >= 4 is 14.5 Å². The third kappa shape index (κ3) is 3.24. The van der Waals surface area contributed by atoms with Crippen molar-refractivity contribution in [3.63, 3.8) is 0 Å². The fraction of sp³-hybridized carbons (Fsp3) is 0.231. The van der Waals surface area contributed by atoms with Crippen molar-refractivity contribution < 1.29 is 4.74 Å². The van der Waals surface area contributed by atoms with Gasteiger partial charge in [0.2, 0.25) is 0 Å². The van der Waals surface area contributed by atoms with Crippen LogP contribution in [0.1, 0.15) is 17.0 Å². The first-order valence-electron chi connectivity index (χ1n) is 5.41. The first-order valence-corrected chi connectivity index (χ1v) is 5.99. The van der Waals surface area contributed by atoms with Crippen LogP contribution in [0.5, 0.6) is 5.75 Å². The maximum Gasteiger partial charge on any atom is 0.132 e. The minimum atomic E-state index is 0.444. The molecule has 0 spiro atoms. The molecule has 88 valence electrons. The number of aromatic nitrogens is 2. The summed E-state index contributed by atoms with van der Waals surface area (Å²) in [6, 6.07) is 6.08. The minimum Gasteiger partial charge on any atom is -0.487 e. The predicted molar refractivity (Wildman–Crippen MR) is 71.6 cm³/mol. The summed E-state index contributed by atoms with van der Waals surface area (Å²) in [5.41, 5.74) is 2.97. The summed E-state index contributed by atoms with van der Waals surface area (Å²) in [6.45, 7) is 4.42. The molecule has 0 amide bonds. The topological polar surface area (TPSA) is 35.0 Å².